The summed E-state index contributed by atoms with van der Waals surface area (Å²) >= 11 is 5.58. The Kier molecular flexibility index (Phi) is 5.02. The summed E-state index contributed by atoms with van der Waals surface area (Å²) in [5, 5.41) is 9.10. The van der Waals surface area contributed by atoms with Gasteiger partial charge in [-0.2, -0.15) is 0 Å². The number of hydrogen-bond donors (Lipinski definition) is 3. The zero-order chi connectivity index (χ0) is 13.5. The molecule has 0 radical (unpaired) electrons. The predicted octanol–water partition coefficient (Wildman–Crippen LogP) is 2.89. The molecule has 2 aromatic rings. The topological polar surface area (TPSA) is 89.3 Å². The molecular weight excluding hydrogens is 252 g/mol. The first kappa shape index (κ1) is 13.9. The second kappa shape index (κ2) is 6.51. The molecule has 0 saturated heterocycles. The molecule has 0 heterocycles. The van der Waals surface area contributed by atoms with Crippen LogP contribution in [0.1, 0.15) is 10.4 Å². The predicted molar refractivity (Wildman–Crippen MR) is 73.7 cm³/mol. The summed E-state index contributed by atoms with van der Waals surface area (Å²) in [5.74, 6) is -0.988. The number of aromatic carboxylic acids is 1. The molecule has 18 heavy (non-hydrogen) atoms. The largest absolute Gasteiger partial charge is 0.478 e. The van der Waals surface area contributed by atoms with Crippen molar-refractivity contribution in [1.82, 2.24) is 0 Å². The molecule has 0 unspecified atom stereocenters. The number of benzene rings is 2. The van der Waals surface area contributed by atoms with Crippen LogP contribution in [0.15, 0.2) is 48.5 Å². The Morgan fingerprint density at radius 2 is 1.44 bits per heavy atom. The summed E-state index contributed by atoms with van der Waals surface area (Å²) in [5.41, 5.74) is 11.8. The molecule has 94 valence electrons. The summed E-state index contributed by atoms with van der Waals surface area (Å²) < 4.78 is 0. The number of hydrogen-bond acceptors (Lipinski definition) is 3. The molecular formula is C13H13ClN2O2. The van der Waals surface area contributed by atoms with Gasteiger partial charge in [0, 0.05) is 5.69 Å². The molecule has 2 rings (SSSR count). The maximum Gasteiger partial charge on any atom is 0.337 e. The lowest BCUT2D eigenvalue weighted by Crippen LogP contribution is -2.00. The number of rotatable bonds is 1. The molecule has 0 spiro atoms. The van der Waals surface area contributed by atoms with E-state index in [1.165, 1.54) is 6.07 Å². The van der Waals surface area contributed by atoms with E-state index in [1.807, 2.05) is 12.1 Å². The number of anilines is 2. The third-order valence-corrected chi connectivity index (χ3v) is 2.44. The minimum Gasteiger partial charge on any atom is -0.478 e. The number of carboxylic acids is 1. The van der Waals surface area contributed by atoms with Gasteiger partial charge in [-0.05, 0) is 24.3 Å². The highest BCUT2D eigenvalue weighted by Crippen LogP contribution is 2.15. The fourth-order valence-electron chi connectivity index (χ4n) is 1.17. The number of para-hydroxylation sites is 2. The molecule has 0 fully saturated rings. The lowest BCUT2D eigenvalue weighted by atomic mass is 10.2. The van der Waals surface area contributed by atoms with Crippen molar-refractivity contribution in [1.29, 1.82) is 0 Å². The van der Waals surface area contributed by atoms with Crippen molar-refractivity contribution < 1.29 is 9.90 Å². The van der Waals surface area contributed by atoms with E-state index in [2.05, 4.69) is 0 Å². The maximum absolute atomic E-state index is 10.3. The molecule has 0 aromatic heterocycles. The first-order valence-corrected chi connectivity index (χ1v) is 5.48. The lowest BCUT2D eigenvalue weighted by molar-refractivity contribution is 0.0698. The Morgan fingerprint density at radius 3 is 1.78 bits per heavy atom. The van der Waals surface area contributed by atoms with Crippen molar-refractivity contribution in [2.75, 3.05) is 11.5 Å². The van der Waals surface area contributed by atoms with Gasteiger partial charge in [0.15, 0.2) is 0 Å². The first-order chi connectivity index (χ1) is 8.52. The molecule has 0 bridgehead atoms. The van der Waals surface area contributed by atoms with E-state index in [-0.39, 0.29) is 5.56 Å². The molecule has 0 aliphatic rings. The lowest BCUT2D eigenvalue weighted by Gasteiger charge is -1.96. The van der Waals surface area contributed by atoms with Crippen LogP contribution in [-0.4, -0.2) is 11.1 Å². The van der Waals surface area contributed by atoms with Crippen LogP contribution in [0.5, 0.6) is 0 Å². The first-order valence-electron chi connectivity index (χ1n) is 5.10. The number of nitrogen functional groups attached to an aromatic ring is 2. The highest BCUT2D eigenvalue weighted by molar-refractivity contribution is 6.33. The standard InChI is InChI=1S/C7H7NO2.C6H6ClN/c8-6-4-2-1-3-5(6)7(9)10;7-5-3-1-2-4-6(5)8/h1-4H,8H2,(H,9,10);1-4H,8H2. The number of nitrogens with two attached hydrogens (primary N) is 2. The van der Waals surface area contributed by atoms with Crippen LogP contribution in [-0.2, 0) is 0 Å². The Morgan fingerprint density at radius 1 is 0.944 bits per heavy atom. The van der Waals surface area contributed by atoms with E-state index in [0.29, 0.717) is 16.4 Å². The van der Waals surface area contributed by atoms with Crippen LogP contribution < -0.4 is 11.5 Å². The monoisotopic (exact) mass is 264 g/mol. The second-order valence-electron chi connectivity index (χ2n) is 3.41. The third-order valence-electron chi connectivity index (χ3n) is 2.10. The van der Waals surface area contributed by atoms with Gasteiger partial charge >= 0.3 is 5.97 Å². The number of halogens is 1. The molecule has 2 aromatic carbocycles. The highest BCUT2D eigenvalue weighted by Gasteiger charge is 2.03. The van der Waals surface area contributed by atoms with E-state index >= 15 is 0 Å². The van der Waals surface area contributed by atoms with Gasteiger partial charge in [0.05, 0.1) is 16.3 Å². The molecule has 0 atom stereocenters. The summed E-state index contributed by atoms with van der Waals surface area (Å²) in [6, 6.07) is 13.6. The van der Waals surface area contributed by atoms with Crippen LogP contribution in [0.4, 0.5) is 11.4 Å². The maximum atomic E-state index is 10.3. The van der Waals surface area contributed by atoms with E-state index in [9.17, 15) is 4.79 Å². The van der Waals surface area contributed by atoms with Crippen LogP contribution >= 0.6 is 11.6 Å². The van der Waals surface area contributed by atoms with Gasteiger partial charge in [0.1, 0.15) is 0 Å². The van der Waals surface area contributed by atoms with Crippen molar-refractivity contribution in [3.8, 4) is 0 Å². The van der Waals surface area contributed by atoms with E-state index in [0.717, 1.165) is 0 Å². The molecule has 5 N–H and O–H groups in total. The summed E-state index contributed by atoms with van der Waals surface area (Å²) in [6.45, 7) is 0. The van der Waals surface area contributed by atoms with E-state index in [4.69, 9.17) is 28.2 Å². The zero-order valence-electron chi connectivity index (χ0n) is 9.51. The van der Waals surface area contributed by atoms with Gasteiger partial charge in [-0.3, -0.25) is 0 Å². The Labute approximate surface area is 110 Å². The Bertz CT molecular complexity index is 523. The quantitative estimate of drug-likeness (QED) is 0.691. The number of carboxylic acid groups (broad SMARTS) is 1. The van der Waals surface area contributed by atoms with Gasteiger partial charge in [0.2, 0.25) is 0 Å². The van der Waals surface area contributed by atoms with Crippen molar-refractivity contribution in [2.24, 2.45) is 0 Å². The van der Waals surface area contributed by atoms with Crippen molar-refractivity contribution >= 4 is 28.9 Å². The van der Waals surface area contributed by atoms with E-state index in [1.54, 1.807) is 30.3 Å². The second-order valence-corrected chi connectivity index (χ2v) is 3.82. The van der Waals surface area contributed by atoms with Crippen LogP contribution in [0.3, 0.4) is 0 Å². The molecule has 0 saturated carbocycles. The Hall–Kier alpha value is -2.20. The molecule has 5 heteroatoms. The fraction of sp³-hybridized carbons (Fsp3) is 0. The zero-order valence-corrected chi connectivity index (χ0v) is 10.3. The van der Waals surface area contributed by atoms with Crippen LogP contribution in [0.25, 0.3) is 0 Å². The van der Waals surface area contributed by atoms with Crippen molar-refractivity contribution in [3.05, 3.63) is 59.1 Å². The number of carbonyl (C=O) groups is 1. The van der Waals surface area contributed by atoms with Crippen LogP contribution in [0, 0.1) is 0 Å². The summed E-state index contributed by atoms with van der Waals surface area (Å²) in [7, 11) is 0. The highest BCUT2D eigenvalue weighted by atomic mass is 35.5. The Balaban J connectivity index is 0.000000184. The minimum absolute atomic E-state index is 0.155. The molecule has 0 amide bonds. The van der Waals surface area contributed by atoms with Gasteiger partial charge < -0.3 is 16.6 Å². The van der Waals surface area contributed by atoms with E-state index < -0.39 is 5.97 Å². The van der Waals surface area contributed by atoms with Gasteiger partial charge in [0.25, 0.3) is 0 Å². The fourth-order valence-corrected chi connectivity index (χ4v) is 1.30. The van der Waals surface area contributed by atoms with Crippen LogP contribution in [0.2, 0.25) is 5.02 Å². The van der Waals surface area contributed by atoms with Crippen molar-refractivity contribution in [3.63, 3.8) is 0 Å². The van der Waals surface area contributed by atoms with Crippen molar-refractivity contribution in [2.45, 2.75) is 0 Å². The van der Waals surface area contributed by atoms with Gasteiger partial charge in [-0.25, -0.2) is 4.79 Å². The molecule has 0 aliphatic carbocycles. The minimum atomic E-state index is -0.988. The SMILES string of the molecule is Nc1ccccc1C(=O)O.Nc1ccccc1Cl. The third kappa shape index (κ3) is 3.99. The summed E-state index contributed by atoms with van der Waals surface area (Å²) in [4.78, 5) is 10.3. The average Bonchev–Trinajstić information content (AvgIpc) is 2.34. The van der Waals surface area contributed by atoms with Gasteiger partial charge in [-0.15, -0.1) is 0 Å². The average molecular weight is 265 g/mol. The summed E-state index contributed by atoms with van der Waals surface area (Å²) in [6.07, 6.45) is 0. The van der Waals surface area contributed by atoms with Gasteiger partial charge in [-0.1, -0.05) is 35.9 Å². The smallest absolute Gasteiger partial charge is 0.337 e. The molecule has 4 nitrogen and oxygen atoms in total. The normalized spacial score (nSPS) is 9.17. The molecule has 0 aliphatic heterocycles.